The topological polar surface area (TPSA) is 47.4 Å². The summed E-state index contributed by atoms with van der Waals surface area (Å²) in [6.07, 6.45) is 3.77. The summed E-state index contributed by atoms with van der Waals surface area (Å²) in [6.45, 7) is 4.93. The van der Waals surface area contributed by atoms with Crippen molar-refractivity contribution in [2.45, 2.75) is 26.3 Å². The summed E-state index contributed by atoms with van der Waals surface area (Å²) in [5.74, 6) is -0.0133. The maximum absolute atomic E-state index is 11.9. The Morgan fingerprint density at radius 2 is 2.12 bits per heavy atom. The molecule has 3 rings (SSSR count). The van der Waals surface area contributed by atoms with Crippen molar-refractivity contribution in [1.82, 2.24) is 14.7 Å². The lowest BCUT2D eigenvalue weighted by Crippen LogP contribution is -2.36. The van der Waals surface area contributed by atoms with Crippen molar-refractivity contribution in [3.63, 3.8) is 0 Å². The van der Waals surface area contributed by atoms with Crippen LogP contribution in [0.5, 0.6) is 0 Å². The van der Waals surface area contributed by atoms with Gasteiger partial charge in [0.15, 0.2) is 0 Å². The predicted octanol–water partition coefficient (Wildman–Crippen LogP) is 3.52. The summed E-state index contributed by atoms with van der Waals surface area (Å²) in [7, 11) is 1.94. The van der Waals surface area contributed by atoms with Crippen LogP contribution in [0.3, 0.4) is 0 Å². The number of carbonyl (C=O) groups excluding carboxylic acids is 1. The van der Waals surface area contributed by atoms with E-state index in [-0.39, 0.29) is 11.9 Å². The molecule has 1 aliphatic rings. The van der Waals surface area contributed by atoms with Crippen molar-refractivity contribution in [2.24, 2.45) is 13.0 Å². The van der Waals surface area contributed by atoms with Gasteiger partial charge in [0, 0.05) is 35.9 Å². The number of nitrogens with zero attached hydrogens (tertiary/aromatic N) is 3. The molecule has 0 N–H and O–H groups in total. The Labute approximate surface area is 153 Å². The largest absolute Gasteiger partial charge is 0.466 e. The summed E-state index contributed by atoms with van der Waals surface area (Å²) >= 11 is 6.13. The van der Waals surface area contributed by atoms with Crippen LogP contribution < -0.4 is 0 Å². The molecule has 6 heteroatoms. The molecule has 0 atom stereocenters. The minimum atomic E-state index is -0.0526. The van der Waals surface area contributed by atoms with Gasteiger partial charge in [-0.25, -0.2) is 0 Å². The lowest BCUT2D eigenvalue weighted by Gasteiger charge is -2.30. The molecule has 2 aromatic rings. The van der Waals surface area contributed by atoms with Gasteiger partial charge in [0.2, 0.25) is 0 Å². The van der Waals surface area contributed by atoms with E-state index in [0.717, 1.165) is 43.7 Å². The van der Waals surface area contributed by atoms with Crippen LogP contribution in [0.15, 0.2) is 30.5 Å². The number of rotatable bonds is 5. The Kier molecular flexibility index (Phi) is 5.76. The third-order valence-corrected chi connectivity index (χ3v) is 4.84. The van der Waals surface area contributed by atoms with Crippen LogP contribution in [-0.2, 0) is 23.1 Å². The number of piperidine rings is 1. The maximum Gasteiger partial charge on any atom is 0.309 e. The van der Waals surface area contributed by atoms with Gasteiger partial charge >= 0.3 is 5.97 Å². The first-order valence-electron chi connectivity index (χ1n) is 8.74. The molecule has 1 saturated heterocycles. The second-order valence-corrected chi connectivity index (χ2v) is 6.93. The Bertz CT molecular complexity index is 736. The molecule has 5 nitrogen and oxygen atoms in total. The Balaban J connectivity index is 1.68. The van der Waals surface area contributed by atoms with Crippen molar-refractivity contribution < 1.29 is 9.53 Å². The fourth-order valence-corrected chi connectivity index (χ4v) is 3.55. The first-order chi connectivity index (χ1) is 12.1. The van der Waals surface area contributed by atoms with E-state index < -0.39 is 0 Å². The fraction of sp³-hybridized carbons (Fsp3) is 0.474. The summed E-state index contributed by atoms with van der Waals surface area (Å²) in [4.78, 5) is 14.2. The highest BCUT2D eigenvalue weighted by molar-refractivity contribution is 6.30. The monoisotopic (exact) mass is 361 g/mol. The molecule has 0 bridgehead atoms. The van der Waals surface area contributed by atoms with Crippen molar-refractivity contribution >= 4 is 17.6 Å². The van der Waals surface area contributed by atoms with Crippen LogP contribution in [0.2, 0.25) is 5.02 Å². The maximum atomic E-state index is 11.9. The number of ether oxygens (including phenoxy) is 1. The average molecular weight is 362 g/mol. The van der Waals surface area contributed by atoms with Crippen LogP contribution >= 0.6 is 11.6 Å². The number of halogens is 1. The van der Waals surface area contributed by atoms with Gasteiger partial charge in [-0.2, -0.15) is 5.10 Å². The van der Waals surface area contributed by atoms with Gasteiger partial charge in [0.1, 0.15) is 0 Å². The molecule has 0 aliphatic carbocycles. The van der Waals surface area contributed by atoms with Crippen LogP contribution in [0.4, 0.5) is 0 Å². The molecule has 1 aliphatic heterocycles. The zero-order valence-corrected chi connectivity index (χ0v) is 15.5. The fourth-order valence-electron chi connectivity index (χ4n) is 3.36. The molecule has 25 heavy (non-hydrogen) atoms. The van der Waals surface area contributed by atoms with Gasteiger partial charge in [0.25, 0.3) is 0 Å². The molecule has 0 saturated carbocycles. The van der Waals surface area contributed by atoms with E-state index in [9.17, 15) is 4.79 Å². The number of aromatic nitrogens is 2. The van der Waals surface area contributed by atoms with Crippen molar-refractivity contribution in [3.8, 4) is 11.3 Å². The van der Waals surface area contributed by atoms with Gasteiger partial charge in [-0.3, -0.25) is 14.4 Å². The Hall–Kier alpha value is -1.85. The van der Waals surface area contributed by atoms with E-state index in [0.29, 0.717) is 11.6 Å². The van der Waals surface area contributed by atoms with E-state index in [1.807, 2.05) is 42.9 Å². The Morgan fingerprint density at radius 1 is 1.36 bits per heavy atom. The summed E-state index contributed by atoms with van der Waals surface area (Å²) < 4.78 is 6.99. The van der Waals surface area contributed by atoms with E-state index in [1.54, 1.807) is 0 Å². The third kappa shape index (κ3) is 4.41. The summed E-state index contributed by atoms with van der Waals surface area (Å²) in [6, 6.07) is 7.79. The average Bonchev–Trinajstić information content (AvgIpc) is 2.96. The standard InChI is InChI=1S/C19H24ClN3O2/c1-3-25-19(24)14-7-9-23(10-8-14)13-16-12-22(2)21-18(16)15-5-4-6-17(20)11-15/h4-6,11-12,14H,3,7-10,13H2,1-2H3. The van der Waals surface area contributed by atoms with E-state index in [4.69, 9.17) is 16.3 Å². The van der Waals surface area contributed by atoms with E-state index in [1.165, 1.54) is 5.56 Å². The van der Waals surface area contributed by atoms with Gasteiger partial charge in [-0.05, 0) is 45.0 Å². The van der Waals surface area contributed by atoms with Crippen molar-refractivity contribution in [3.05, 3.63) is 41.0 Å². The lowest BCUT2D eigenvalue weighted by atomic mass is 9.96. The highest BCUT2D eigenvalue weighted by Gasteiger charge is 2.26. The van der Waals surface area contributed by atoms with Gasteiger partial charge in [-0.15, -0.1) is 0 Å². The molecule has 0 spiro atoms. The number of likely N-dealkylation sites (tertiary alicyclic amines) is 1. The predicted molar refractivity (Wildman–Crippen MR) is 98.3 cm³/mol. The van der Waals surface area contributed by atoms with Crippen molar-refractivity contribution in [1.29, 1.82) is 0 Å². The van der Waals surface area contributed by atoms with Crippen LogP contribution in [0, 0.1) is 5.92 Å². The number of carbonyl (C=O) groups is 1. The van der Waals surface area contributed by atoms with Crippen LogP contribution in [0.25, 0.3) is 11.3 Å². The van der Waals surface area contributed by atoms with Gasteiger partial charge in [0.05, 0.1) is 18.2 Å². The highest BCUT2D eigenvalue weighted by atomic mass is 35.5. The minimum absolute atomic E-state index is 0.0394. The molecule has 0 unspecified atom stereocenters. The molecule has 0 radical (unpaired) electrons. The number of aryl methyl sites for hydroxylation is 1. The van der Waals surface area contributed by atoms with Gasteiger partial charge in [-0.1, -0.05) is 23.7 Å². The van der Waals surface area contributed by atoms with E-state index >= 15 is 0 Å². The molecular formula is C19H24ClN3O2. The van der Waals surface area contributed by atoms with Crippen LogP contribution in [-0.4, -0.2) is 40.3 Å². The first kappa shape index (κ1) is 18.0. The number of esters is 1. The second kappa shape index (κ2) is 8.02. The molecular weight excluding hydrogens is 338 g/mol. The number of benzene rings is 1. The zero-order chi connectivity index (χ0) is 17.8. The molecule has 1 aromatic heterocycles. The summed E-state index contributed by atoms with van der Waals surface area (Å²) in [5, 5.41) is 5.32. The van der Waals surface area contributed by atoms with E-state index in [2.05, 4.69) is 16.2 Å². The third-order valence-electron chi connectivity index (χ3n) is 4.60. The molecule has 1 aromatic carbocycles. The second-order valence-electron chi connectivity index (χ2n) is 6.49. The molecule has 2 heterocycles. The zero-order valence-electron chi connectivity index (χ0n) is 14.7. The number of hydrogen-bond acceptors (Lipinski definition) is 4. The molecule has 1 fully saturated rings. The molecule has 134 valence electrons. The quantitative estimate of drug-likeness (QED) is 0.764. The minimum Gasteiger partial charge on any atom is -0.466 e. The van der Waals surface area contributed by atoms with Crippen LogP contribution in [0.1, 0.15) is 25.3 Å². The Morgan fingerprint density at radius 3 is 2.80 bits per heavy atom. The lowest BCUT2D eigenvalue weighted by molar-refractivity contribution is -0.149. The highest BCUT2D eigenvalue weighted by Crippen LogP contribution is 2.27. The smallest absolute Gasteiger partial charge is 0.309 e. The SMILES string of the molecule is CCOC(=O)C1CCN(Cc2cn(C)nc2-c2cccc(Cl)c2)CC1. The number of hydrogen-bond donors (Lipinski definition) is 0. The summed E-state index contributed by atoms with van der Waals surface area (Å²) in [5.41, 5.74) is 3.18. The molecule has 0 amide bonds. The normalized spacial score (nSPS) is 16.1. The van der Waals surface area contributed by atoms with Crippen molar-refractivity contribution in [2.75, 3.05) is 19.7 Å². The first-order valence-corrected chi connectivity index (χ1v) is 9.12. The van der Waals surface area contributed by atoms with Gasteiger partial charge < -0.3 is 4.74 Å².